The van der Waals surface area contributed by atoms with Crippen LogP contribution in [0.25, 0.3) is 0 Å². The van der Waals surface area contributed by atoms with Gasteiger partial charge in [0.1, 0.15) is 0 Å². The minimum absolute atomic E-state index is 0.187. The quantitative estimate of drug-likeness (QED) is 0.772. The third-order valence-corrected chi connectivity index (χ3v) is 4.44. The Bertz CT molecular complexity index is 615. The molecule has 110 valence electrons. The van der Waals surface area contributed by atoms with Crippen molar-refractivity contribution in [2.75, 3.05) is 27.9 Å². The van der Waals surface area contributed by atoms with Gasteiger partial charge in [-0.25, -0.2) is 8.42 Å². The fourth-order valence-electron chi connectivity index (χ4n) is 1.68. The SMILES string of the molecule is CS(=O)(=O)Nc1ccc(Cl)c(NC(=O)C2CSCN2)c1. The first-order valence-corrected chi connectivity index (χ1v) is 9.17. The molecule has 0 bridgehead atoms. The molecule has 1 unspecified atom stereocenters. The minimum Gasteiger partial charge on any atom is -0.323 e. The summed E-state index contributed by atoms with van der Waals surface area (Å²) >= 11 is 7.64. The molecule has 6 nitrogen and oxygen atoms in total. The fraction of sp³-hybridized carbons (Fsp3) is 0.364. The van der Waals surface area contributed by atoms with Crippen LogP contribution in [0.5, 0.6) is 0 Å². The lowest BCUT2D eigenvalue weighted by molar-refractivity contribution is -0.117. The number of anilines is 2. The Hall–Kier alpha value is -0.960. The van der Waals surface area contributed by atoms with Crippen LogP contribution in [0.1, 0.15) is 0 Å². The number of thioether (sulfide) groups is 1. The predicted octanol–water partition coefficient (Wildman–Crippen LogP) is 1.31. The van der Waals surface area contributed by atoms with Crippen molar-refractivity contribution in [2.45, 2.75) is 6.04 Å². The predicted molar refractivity (Wildman–Crippen MR) is 82.8 cm³/mol. The van der Waals surface area contributed by atoms with Crippen LogP contribution < -0.4 is 15.4 Å². The van der Waals surface area contributed by atoms with Crippen molar-refractivity contribution in [2.24, 2.45) is 0 Å². The molecule has 1 aliphatic heterocycles. The second kappa shape index (κ2) is 6.21. The van der Waals surface area contributed by atoms with Gasteiger partial charge in [-0.1, -0.05) is 11.6 Å². The summed E-state index contributed by atoms with van der Waals surface area (Å²) in [5.41, 5.74) is 0.727. The van der Waals surface area contributed by atoms with Gasteiger partial charge in [0.15, 0.2) is 0 Å². The molecule has 1 saturated heterocycles. The Morgan fingerprint density at radius 1 is 1.50 bits per heavy atom. The van der Waals surface area contributed by atoms with Crippen molar-refractivity contribution in [3.63, 3.8) is 0 Å². The maximum atomic E-state index is 12.0. The summed E-state index contributed by atoms with van der Waals surface area (Å²) < 4.78 is 24.7. The largest absolute Gasteiger partial charge is 0.323 e. The number of halogens is 1. The molecule has 2 rings (SSSR count). The van der Waals surface area contributed by atoms with E-state index in [0.29, 0.717) is 22.2 Å². The zero-order chi connectivity index (χ0) is 14.8. The van der Waals surface area contributed by atoms with Gasteiger partial charge in [-0.3, -0.25) is 14.8 Å². The number of hydrogen-bond donors (Lipinski definition) is 3. The molecule has 0 radical (unpaired) electrons. The zero-order valence-electron chi connectivity index (χ0n) is 10.6. The fourth-order valence-corrected chi connectivity index (χ4v) is 3.34. The van der Waals surface area contributed by atoms with Gasteiger partial charge in [0.25, 0.3) is 0 Å². The van der Waals surface area contributed by atoms with Crippen LogP contribution in [0.15, 0.2) is 18.2 Å². The first kappa shape index (κ1) is 15.4. The second-order valence-electron chi connectivity index (χ2n) is 4.33. The molecule has 0 spiro atoms. The molecule has 1 fully saturated rings. The molecular weight excluding hydrogens is 322 g/mol. The monoisotopic (exact) mass is 335 g/mol. The summed E-state index contributed by atoms with van der Waals surface area (Å²) in [5.74, 6) is 1.25. The number of hydrogen-bond acceptors (Lipinski definition) is 5. The van der Waals surface area contributed by atoms with Gasteiger partial charge in [-0.15, -0.1) is 11.8 Å². The van der Waals surface area contributed by atoms with Crippen molar-refractivity contribution in [3.8, 4) is 0 Å². The molecule has 1 amide bonds. The van der Waals surface area contributed by atoms with Crippen molar-refractivity contribution in [1.82, 2.24) is 5.32 Å². The van der Waals surface area contributed by atoms with Crippen LogP contribution in [0.2, 0.25) is 5.02 Å². The van der Waals surface area contributed by atoms with Gasteiger partial charge in [0, 0.05) is 11.6 Å². The molecule has 1 aromatic rings. The van der Waals surface area contributed by atoms with E-state index in [-0.39, 0.29) is 11.9 Å². The summed E-state index contributed by atoms with van der Waals surface area (Å²) in [6.07, 6.45) is 1.06. The molecule has 0 saturated carbocycles. The lowest BCUT2D eigenvalue weighted by Gasteiger charge is -2.13. The first-order chi connectivity index (χ1) is 9.35. The van der Waals surface area contributed by atoms with Crippen molar-refractivity contribution in [1.29, 1.82) is 0 Å². The van der Waals surface area contributed by atoms with Gasteiger partial charge in [-0.2, -0.15) is 0 Å². The molecule has 0 aromatic heterocycles. The average molecular weight is 336 g/mol. The lowest BCUT2D eigenvalue weighted by atomic mass is 10.2. The number of nitrogens with one attached hydrogen (secondary N) is 3. The number of carbonyl (C=O) groups excluding carboxylic acids is 1. The maximum Gasteiger partial charge on any atom is 0.242 e. The normalized spacial score (nSPS) is 18.8. The Balaban J connectivity index is 2.14. The van der Waals surface area contributed by atoms with Crippen LogP contribution in [-0.2, 0) is 14.8 Å². The van der Waals surface area contributed by atoms with Crippen LogP contribution in [0, 0.1) is 0 Å². The Morgan fingerprint density at radius 3 is 2.85 bits per heavy atom. The number of amides is 1. The van der Waals surface area contributed by atoms with E-state index in [2.05, 4.69) is 15.4 Å². The van der Waals surface area contributed by atoms with Gasteiger partial charge >= 0.3 is 0 Å². The highest BCUT2D eigenvalue weighted by atomic mass is 35.5. The Kier molecular flexibility index (Phi) is 4.79. The van der Waals surface area contributed by atoms with Crippen molar-refractivity contribution in [3.05, 3.63) is 23.2 Å². The van der Waals surface area contributed by atoms with E-state index in [0.717, 1.165) is 12.1 Å². The zero-order valence-corrected chi connectivity index (χ0v) is 13.0. The van der Waals surface area contributed by atoms with Gasteiger partial charge in [0.2, 0.25) is 15.9 Å². The summed E-state index contributed by atoms with van der Waals surface area (Å²) in [4.78, 5) is 12.0. The summed E-state index contributed by atoms with van der Waals surface area (Å²) in [6.45, 7) is 0. The number of sulfonamides is 1. The average Bonchev–Trinajstić information content (AvgIpc) is 2.85. The Morgan fingerprint density at radius 2 is 2.25 bits per heavy atom. The molecular formula is C11H14ClN3O3S2. The van der Waals surface area contributed by atoms with Crippen molar-refractivity contribution >= 4 is 50.7 Å². The molecule has 1 aliphatic rings. The summed E-state index contributed by atoms with van der Waals surface area (Å²) in [7, 11) is -3.37. The summed E-state index contributed by atoms with van der Waals surface area (Å²) in [5, 5.41) is 6.09. The third-order valence-electron chi connectivity index (χ3n) is 2.56. The van der Waals surface area contributed by atoms with Gasteiger partial charge < -0.3 is 5.32 Å². The van der Waals surface area contributed by atoms with Gasteiger partial charge in [-0.05, 0) is 18.2 Å². The Labute approximate surface area is 126 Å². The van der Waals surface area contributed by atoms with E-state index in [1.165, 1.54) is 18.2 Å². The summed E-state index contributed by atoms with van der Waals surface area (Å²) in [6, 6.07) is 4.29. The molecule has 1 atom stereocenters. The van der Waals surface area contributed by atoms with Crippen LogP contribution in [0.3, 0.4) is 0 Å². The molecule has 20 heavy (non-hydrogen) atoms. The highest BCUT2D eigenvalue weighted by Gasteiger charge is 2.23. The van der Waals surface area contributed by atoms with E-state index < -0.39 is 10.0 Å². The molecule has 0 aliphatic carbocycles. The number of rotatable bonds is 4. The molecule has 1 aromatic carbocycles. The highest BCUT2D eigenvalue weighted by molar-refractivity contribution is 7.99. The molecule has 9 heteroatoms. The second-order valence-corrected chi connectivity index (χ2v) is 7.52. The first-order valence-electron chi connectivity index (χ1n) is 5.74. The topological polar surface area (TPSA) is 87.3 Å². The van der Waals surface area contributed by atoms with Gasteiger partial charge in [0.05, 0.1) is 28.7 Å². The standard InChI is InChI=1S/C11H14ClN3O3S2/c1-20(17,18)15-7-2-3-8(12)9(4-7)14-11(16)10-5-19-6-13-10/h2-4,10,13,15H,5-6H2,1H3,(H,14,16). The molecule has 1 heterocycles. The van der Waals surface area contributed by atoms with E-state index in [9.17, 15) is 13.2 Å². The van der Waals surface area contributed by atoms with E-state index in [1.54, 1.807) is 11.8 Å². The van der Waals surface area contributed by atoms with Crippen LogP contribution in [0.4, 0.5) is 11.4 Å². The third kappa shape index (κ3) is 4.27. The number of benzene rings is 1. The smallest absolute Gasteiger partial charge is 0.242 e. The maximum absolute atomic E-state index is 12.0. The van der Waals surface area contributed by atoms with E-state index in [4.69, 9.17) is 11.6 Å². The molecule has 3 N–H and O–H groups in total. The van der Waals surface area contributed by atoms with Crippen LogP contribution >= 0.6 is 23.4 Å². The van der Waals surface area contributed by atoms with E-state index >= 15 is 0 Å². The lowest BCUT2D eigenvalue weighted by Crippen LogP contribution is -2.37. The van der Waals surface area contributed by atoms with Crippen LogP contribution in [-0.4, -0.2) is 38.3 Å². The highest BCUT2D eigenvalue weighted by Crippen LogP contribution is 2.26. The van der Waals surface area contributed by atoms with E-state index in [1.807, 2.05) is 0 Å². The minimum atomic E-state index is -3.37. The van der Waals surface area contributed by atoms with Crippen molar-refractivity contribution < 1.29 is 13.2 Å². The number of carbonyl (C=O) groups is 1.